The molecule has 118 valence electrons. The summed E-state index contributed by atoms with van der Waals surface area (Å²) in [5, 5.41) is 3.56. The lowest BCUT2D eigenvalue weighted by molar-refractivity contribution is -0.116. The first-order chi connectivity index (χ1) is 9.97. The molecule has 1 aromatic rings. The van der Waals surface area contributed by atoms with Crippen molar-refractivity contribution < 1.29 is 4.79 Å². The molecule has 4 heteroatoms. The van der Waals surface area contributed by atoms with Crippen molar-refractivity contribution in [2.75, 3.05) is 25.0 Å². The van der Waals surface area contributed by atoms with Crippen molar-refractivity contribution in [1.29, 1.82) is 0 Å². The molecule has 0 radical (unpaired) electrons. The van der Waals surface area contributed by atoms with Crippen molar-refractivity contribution in [1.82, 2.24) is 4.90 Å². The van der Waals surface area contributed by atoms with Crippen LogP contribution < -0.4 is 5.32 Å². The summed E-state index contributed by atoms with van der Waals surface area (Å²) < 4.78 is 0. The first kappa shape index (κ1) is 18.0. The van der Waals surface area contributed by atoms with Crippen molar-refractivity contribution in [2.45, 2.75) is 47.0 Å². The molecule has 3 nitrogen and oxygen atoms in total. The summed E-state index contributed by atoms with van der Waals surface area (Å²) in [5.41, 5.74) is 2.85. The fourth-order valence-electron chi connectivity index (χ4n) is 2.50. The van der Waals surface area contributed by atoms with Gasteiger partial charge in [0.25, 0.3) is 0 Å². The van der Waals surface area contributed by atoms with Crippen LogP contribution in [0.15, 0.2) is 12.1 Å². The molecule has 0 saturated heterocycles. The highest BCUT2D eigenvalue weighted by Gasteiger charge is 2.11. The highest BCUT2D eigenvalue weighted by molar-refractivity contribution is 6.34. The normalized spacial score (nSPS) is 11.0. The van der Waals surface area contributed by atoms with Gasteiger partial charge >= 0.3 is 0 Å². The Kier molecular flexibility index (Phi) is 7.76. The van der Waals surface area contributed by atoms with Crippen LogP contribution in [0.4, 0.5) is 5.69 Å². The van der Waals surface area contributed by atoms with Gasteiger partial charge in [-0.25, -0.2) is 0 Å². The molecule has 21 heavy (non-hydrogen) atoms. The number of hydrogen-bond acceptors (Lipinski definition) is 2. The molecule has 1 amide bonds. The molecule has 1 rings (SSSR count). The number of rotatable bonds is 8. The van der Waals surface area contributed by atoms with Crippen molar-refractivity contribution >= 4 is 23.2 Å². The zero-order valence-corrected chi connectivity index (χ0v) is 14.4. The minimum atomic E-state index is 0.0288. The first-order valence-electron chi connectivity index (χ1n) is 7.76. The van der Waals surface area contributed by atoms with E-state index >= 15 is 0 Å². The molecule has 1 aromatic carbocycles. The topological polar surface area (TPSA) is 32.3 Å². The third kappa shape index (κ3) is 6.06. The molecule has 0 fully saturated rings. The number of hydrogen-bond donors (Lipinski definition) is 1. The Balaban J connectivity index is 2.57. The van der Waals surface area contributed by atoms with Gasteiger partial charge in [-0.3, -0.25) is 4.79 Å². The van der Waals surface area contributed by atoms with E-state index in [0.29, 0.717) is 11.4 Å². The van der Waals surface area contributed by atoms with Gasteiger partial charge in [-0.15, -0.1) is 0 Å². The molecular weight excluding hydrogens is 284 g/mol. The van der Waals surface area contributed by atoms with E-state index in [1.165, 1.54) is 0 Å². The second-order valence-corrected chi connectivity index (χ2v) is 5.99. The van der Waals surface area contributed by atoms with Crippen LogP contribution in [0, 0.1) is 13.8 Å². The lowest BCUT2D eigenvalue weighted by atomic mass is 10.1. The molecule has 0 unspecified atom stereocenters. The van der Waals surface area contributed by atoms with E-state index in [-0.39, 0.29) is 5.91 Å². The Morgan fingerprint density at radius 2 is 1.76 bits per heavy atom. The van der Waals surface area contributed by atoms with Crippen LogP contribution in [0.25, 0.3) is 0 Å². The Labute approximate surface area is 133 Å². The number of aryl methyl sites for hydroxylation is 2. The summed E-state index contributed by atoms with van der Waals surface area (Å²) in [6.45, 7) is 11.2. The van der Waals surface area contributed by atoms with Crippen LogP contribution in [0.5, 0.6) is 0 Å². The van der Waals surface area contributed by atoms with Crippen molar-refractivity contribution in [2.24, 2.45) is 0 Å². The molecule has 0 aliphatic heterocycles. The van der Waals surface area contributed by atoms with E-state index in [1.54, 1.807) is 0 Å². The van der Waals surface area contributed by atoms with Crippen LogP contribution in [0.2, 0.25) is 5.02 Å². The maximum absolute atomic E-state index is 12.1. The zero-order valence-electron chi connectivity index (χ0n) is 13.6. The third-order valence-corrected chi connectivity index (χ3v) is 3.73. The molecule has 0 heterocycles. The minimum Gasteiger partial charge on any atom is -0.325 e. The van der Waals surface area contributed by atoms with E-state index < -0.39 is 0 Å². The van der Waals surface area contributed by atoms with Gasteiger partial charge in [-0.1, -0.05) is 31.5 Å². The number of anilines is 1. The highest BCUT2D eigenvalue weighted by atomic mass is 35.5. The molecule has 0 saturated carbocycles. The molecule has 0 atom stereocenters. The number of nitrogens with zero attached hydrogens (tertiary/aromatic N) is 1. The van der Waals surface area contributed by atoms with Gasteiger partial charge in [0, 0.05) is 13.0 Å². The van der Waals surface area contributed by atoms with Crippen LogP contribution in [0.1, 0.15) is 44.2 Å². The number of amides is 1. The summed E-state index contributed by atoms with van der Waals surface area (Å²) in [7, 11) is 0. The lowest BCUT2D eigenvalue weighted by Crippen LogP contribution is -2.29. The average molecular weight is 311 g/mol. The minimum absolute atomic E-state index is 0.0288. The summed E-state index contributed by atoms with van der Waals surface area (Å²) in [6, 6.07) is 3.91. The van der Waals surface area contributed by atoms with Crippen molar-refractivity contribution in [3.8, 4) is 0 Å². The molecule has 0 aliphatic rings. The van der Waals surface area contributed by atoms with Crippen molar-refractivity contribution in [3.05, 3.63) is 28.3 Å². The monoisotopic (exact) mass is 310 g/mol. The SMILES string of the molecule is CCCN(CCC)CCC(=O)Nc1c(C)cc(C)cc1Cl. The summed E-state index contributed by atoms with van der Waals surface area (Å²) >= 11 is 6.22. The standard InChI is InChI=1S/C17H27ClN2O/c1-5-8-20(9-6-2)10-7-16(21)19-17-14(4)11-13(3)12-15(17)18/h11-12H,5-10H2,1-4H3,(H,19,21). The largest absolute Gasteiger partial charge is 0.325 e. The Bertz CT molecular complexity index is 445. The molecule has 1 N–H and O–H groups in total. The quantitative estimate of drug-likeness (QED) is 0.771. The van der Waals surface area contributed by atoms with Crippen LogP contribution in [-0.4, -0.2) is 30.4 Å². The van der Waals surface area contributed by atoms with E-state index in [9.17, 15) is 4.79 Å². The zero-order chi connectivity index (χ0) is 15.8. The van der Waals surface area contributed by atoms with Crippen molar-refractivity contribution in [3.63, 3.8) is 0 Å². The van der Waals surface area contributed by atoms with Crippen LogP contribution in [-0.2, 0) is 4.79 Å². The van der Waals surface area contributed by atoms with E-state index in [1.807, 2.05) is 26.0 Å². The number of nitrogens with one attached hydrogen (secondary N) is 1. The predicted molar refractivity (Wildman–Crippen MR) is 91.2 cm³/mol. The maximum atomic E-state index is 12.1. The molecule has 0 bridgehead atoms. The van der Waals surface area contributed by atoms with Gasteiger partial charge < -0.3 is 10.2 Å². The lowest BCUT2D eigenvalue weighted by Gasteiger charge is -2.20. The number of halogens is 1. The maximum Gasteiger partial charge on any atom is 0.225 e. The second-order valence-electron chi connectivity index (χ2n) is 5.58. The Morgan fingerprint density at radius 1 is 1.14 bits per heavy atom. The fourth-order valence-corrected chi connectivity index (χ4v) is 2.87. The summed E-state index contributed by atoms with van der Waals surface area (Å²) in [6.07, 6.45) is 2.73. The van der Waals surface area contributed by atoms with Crippen LogP contribution in [0.3, 0.4) is 0 Å². The van der Waals surface area contributed by atoms with E-state index in [2.05, 4.69) is 24.1 Å². The molecule has 0 spiro atoms. The predicted octanol–water partition coefficient (Wildman–Crippen LogP) is 4.41. The van der Waals surface area contributed by atoms with E-state index in [0.717, 1.165) is 49.3 Å². The number of carbonyl (C=O) groups excluding carboxylic acids is 1. The molecule has 0 aliphatic carbocycles. The summed E-state index contributed by atoms with van der Waals surface area (Å²) in [5.74, 6) is 0.0288. The van der Waals surface area contributed by atoms with Gasteiger partial charge in [0.15, 0.2) is 0 Å². The molecule has 0 aromatic heterocycles. The van der Waals surface area contributed by atoms with E-state index in [4.69, 9.17) is 11.6 Å². The summed E-state index contributed by atoms with van der Waals surface area (Å²) in [4.78, 5) is 14.5. The second kappa shape index (κ2) is 9.06. The smallest absolute Gasteiger partial charge is 0.225 e. The van der Waals surface area contributed by atoms with Gasteiger partial charge in [0.05, 0.1) is 10.7 Å². The first-order valence-corrected chi connectivity index (χ1v) is 8.14. The number of benzene rings is 1. The highest BCUT2D eigenvalue weighted by Crippen LogP contribution is 2.27. The fraction of sp³-hybridized carbons (Fsp3) is 0.588. The van der Waals surface area contributed by atoms with Gasteiger partial charge in [-0.2, -0.15) is 0 Å². The Hall–Kier alpha value is -1.06. The third-order valence-electron chi connectivity index (χ3n) is 3.43. The number of carbonyl (C=O) groups is 1. The van der Waals surface area contributed by atoms with Gasteiger partial charge in [0.1, 0.15) is 0 Å². The van der Waals surface area contributed by atoms with Gasteiger partial charge in [0.2, 0.25) is 5.91 Å². The van der Waals surface area contributed by atoms with Gasteiger partial charge in [-0.05, 0) is 57.0 Å². The Morgan fingerprint density at radius 3 is 2.29 bits per heavy atom. The molecular formula is C17H27ClN2O. The average Bonchev–Trinajstić information content (AvgIpc) is 2.40. The van der Waals surface area contributed by atoms with Crippen LogP contribution >= 0.6 is 11.6 Å².